The second-order valence-corrected chi connectivity index (χ2v) is 5.71. The summed E-state index contributed by atoms with van der Waals surface area (Å²) in [7, 11) is 3.03. The fourth-order valence-electron chi connectivity index (χ4n) is 2.76. The number of amides is 2. The van der Waals surface area contributed by atoms with Crippen molar-refractivity contribution in [3.8, 4) is 0 Å². The van der Waals surface area contributed by atoms with Crippen LogP contribution in [0, 0.1) is 12.7 Å². The van der Waals surface area contributed by atoms with Gasteiger partial charge in [-0.15, -0.1) is 0 Å². The van der Waals surface area contributed by atoms with Gasteiger partial charge in [-0.1, -0.05) is 0 Å². The predicted molar refractivity (Wildman–Crippen MR) is 91.4 cm³/mol. The number of nitrogens with zero attached hydrogens (tertiary/aromatic N) is 4. The highest BCUT2D eigenvalue weighted by Gasteiger charge is 2.23. The molecule has 0 radical (unpaired) electrons. The van der Waals surface area contributed by atoms with E-state index in [0.29, 0.717) is 11.2 Å². The van der Waals surface area contributed by atoms with Gasteiger partial charge in [0.25, 0.3) is 11.8 Å². The van der Waals surface area contributed by atoms with Gasteiger partial charge in [-0.05, 0) is 25.1 Å². The van der Waals surface area contributed by atoms with E-state index in [1.165, 1.54) is 35.6 Å². The highest BCUT2D eigenvalue weighted by molar-refractivity contribution is 6.08. The molecule has 26 heavy (non-hydrogen) atoms. The molecule has 0 fully saturated rings. The average molecular weight is 358 g/mol. The van der Waals surface area contributed by atoms with Crippen molar-refractivity contribution in [3.63, 3.8) is 0 Å². The van der Waals surface area contributed by atoms with Crippen LogP contribution in [0.4, 0.5) is 10.1 Å². The first-order chi connectivity index (χ1) is 12.2. The number of primary amides is 1. The van der Waals surface area contributed by atoms with Gasteiger partial charge in [-0.25, -0.2) is 4.39 Å². The van der Waals surface area contributed by atoms with E-state index >= 15 is 0 Å². The maximum Gasteiger partial charge on any atom is 0.280 e. The Labute approximate surface area is 146 Å². The Bertz CT molecular complexity index is 1130. The first-order valence-corrected chi connectivity index (χ1v) is 7.52. The van der Waals surface area contributed by atoms with Gasteiger partial charge in [-0.2, -0.15) is 10.2 Å². The summed E-state index contributed by atoms with van der Waals surface area (Å²) in [5.74, 6) is -2.24. The number of carbonyl (C=O) groups excluding carboxylic acids is 2. The number of halogens is 1. The van der Waals surface area contributed by atoms with Crippen LogP contribution in [0.1, 0.15) is 26.7 Å². The van der Waals surface area contributed by atoms with Crippen molar-refractivity contribution in [2.24, 2.45) is 19.8 Å². The number of benzene rings is 1. The van der Waals surface area contributed by atoms with Crippen molar-refractivity contribution < 1.29 is 14.0 Å². The van der Waals surface area contributed by atoms with Crippen LogP contribution in [-0.2, 0) is 14.1 Å². The molecule has 3 aromatic rings. The van der Waals surface area contributed by atoms with Crippen LogP contribution in [0.2, 0.25) is 0 Å². The van der Waals surface area contributed by atoms with Crippen LogP contribution >= 0.6 is 0 Å². The van der Waals surface area contributed by atoms with Crippen LogP contribution in [0.25, 0.3) is 10.9 Å². The molecule has 0 bridgehead atoms. The van der Waals surface area contributed by atoms with Gasteiger partial charge in [0.15, 0.2) is 5.69 Å². The minimum absolute atomic E-state index is 0.0143. The molecule has 2 heterocycles. The van der Waals surface area contributed by atoms with Crippen LogP contribution in [-0.4, -0.2) is 31.4 Å². The molecular weight excluding hydrogens is 343 g/mol. The first-order valence-electron chi connectivity index (χ1n) is 7.52. The third kappa shape index (κ3) is 2.70. The zero-order chi connectivity index (χ0) is 19.2. The highest BCUT2D eigenvalue weighted by atomic mass is 19.1. The molecular formula is C16H15FN6O3. The molecule has 134 valence electrons. The molecule has 2 aromatic heterocycles. The molecule has 3 N–H and O–H groups in total. The summed E-state index contributed by atoms with van der Waals surface area (Å²) in [6, 6.07) is 3.64. The zero-order valence-corrected chi connectivity index (χ0v) is 14.2. The lowest BCUT2D eigenvalue weighted by atomic mass is 10.2. The molecule has 0 saturated carbocycles. The number of hydrogen-bond donors (Lipinski definition) is 2. The molecule has 2 amide bonds. The quantitative estimate of drug-likeness (QED) is 0.704. The summed E-state index contributed by atoms with van der Waals surface area (Å²) >= 11 is 0. The largest absolute Gasteiger partial charge is 0.364 e. The van der Waals surface area contributed by atoms with E-state index < -0.39 is 28.8 Å². The third-order valence-corrected chi connectivity index (χ3v) is 3.93. The molecule has 0 aliphatic carbocycles. The zero-order valence-electron chi connectivity index (χ0n) is 14.2. The summed E-state index contributed by atoms with van der Waals surface area (Å²) < 4.78 is 16.0. The molecule has 0 unspecified atom stereocenters. The van der Waals surface area contributed by atoms with Crippen LogP contribution in [0.15, 0.2) is 23.0 Å². The van der Waals surface area contributed by atoms with Crippen molar-refractivity contribution in [2.75, 3.05) is 5.32 Å². The fourth-order valence-corrected chi connectivity index (χ4v) is 2.76. The molecule has 3 rings (SSSR count). The van der Waals surface area contributed by atoms with Gasteiger partial charge < -0.3 is 11.1 Å². The maximum absolute atomic E-state index is 13.5. The Hall–Kier alpha value is -3.56. The summed E-state index contributed by atoms with van der Waals surface area (Å²) in [5, 5.41) is 10.5. The summed E-state index contributed by atoms with van der Waals surface area (Å²) in [6.45, 7) is 1.57. The van der Waals surface area contributed by atoms with Gasteiger partial charge >= 0.3 is 0 Å². The van der Waals surface area contributed by atoms with E-state index in [0.717, 1.165) is 6.07 Å². The number of nitrogens with one attached hydrogen (secondary N) is 1. The molecule has 9 nitrogen and oxygen atoms in total. The van der Waals surface area contributed by atoms with Gasteiger partial charge in [-0.3, -0.25) is 23.7 Å². The van der Waals surface area contributed by atoms with E-state index in [1.807, 2.05) is 0 Å². The first kappa shape index (κ1) is 17.3. The molecule has 1 aromatic carbocycles. The second-order valence-electron chi connectivity index (χ2n) is 5.71. The maximum atomic E-state index is 13.5. The van der Waals surface area contributed by atoms with Crippen molar-refractivity contribution >= 4 is 28.4 Å². The van der Waals surface area contributed by atoms with Gasteiger partial charge in [0, 0.05) is 14.1 Å². The Morgan fingerprint density at radius 1 is 1.19 bits per heavy atom. The lowest BCUT2D eigenvalue weighted by molar-refractivity contribution is 0.0992. The minimum atomic E-state index is -0.852. The van der Waals surface area contributed by atoms with E-state index in [9.17, 15) is 18.8 Å². The molecule has 0 aliphatic heterocycles. The van der Waals surface area contributed by atoms with Crippen molar-refractivity contribution in [3.05, 3.63) is 51.3 Å². The Kier molecular flexibility index (Phi) is 4.03. The Morgan fingerprint density at radius 2 is 1.88 bits per heavy atom. The van der Waals surface area contributed by atoms with E-state index in [-0.39, 0.29) is 16.8 Å². The lowest BCUT2D eigenvalue weighted by Gasteiger charge is -2.09. The smallest absolute Gasteiger partial charge is 0.280 e. The van der Waals surface area contributed by atoms with Gasteiger partial charge in [0.2, 0.25) is 5.43 Å². The van der Waals surface area contributed by atoms with Crippen molar-refractivity contribution in [1.82, 2.24) is 19.6 Å². The Morgan fingerprint density at radius 3 is 2.54 bits per heavy atom. The molecule has 0 spiro atoms. The van der Waals surface area contributed by atoms with Crippen molar-refractivity contribution in [1.29, 1.82) is 0 Å². The Balaban J connectivity index is 2.11. The van der Waals surface area contributed by atoms with Crippen LogP contribution in [0.3, 0.4) is 0 Å². The number of hydrogen-bond acceptors (Lipinski definition) is 5. The number of fused-ring (bicyclic) bond motifs is 1. The van der Waals surface area contributed by atoms with Crippen LogP contribution in [0.5, 0.6) is 0 Å². The summed E-state index contributed by atoms with van der Waals surface area (Å²) in [4.78, 5) is 36.7. The number of carbonyl (C=O) groups is 2. The molecule has 10 heteroatoms. The lowest BCUT2D eigenvalue weighted by Crippen LogP contribution is -2.28. The van der Waals surface area contributed by atoms with E-state index in [1.54, 1.807) is 6.92 Å². The standard InChI is InChI=1S/C16H15FN6O3/c1-7-11(13(15(18)25)23(3)20-7)19-16(26)12-14(24)9-6-8(17)4-5-10(9)22(2)21-12/h4-6H,1-3H3,(H2,18,25)(H,19,26). The SMILES string of the molecule is Cc1nn(C)c(C(N)=O)c1NC(=O)c1nn(C)c2ccc(F)cc2c1=O. The van der Waals surface area contributed by atoms with E-state index in [2.05, 4.69) is 15.5 Å². The van der Waals surface area contributed by atoms with Crippen LogP contribution < -0.4 is 16.5 Å². The number of aryl methyl sites for hydroxylation is 3. The predicted octanol–water partition coefficient (Wildman–Crippen LogP) is 0.466. The number of nitrogens with two attached hydrogens (primary N) is 1. The third-order valence-electron chi connectivity index (χ3n) is 3.93. The minimum Gasteiger partial charge on any atom is -0.364 e. The molecule has 0 atom stereocenters. The topological polar surface area (TPSA) is 125 Å². The number of rotatable bonds is 3. The fraction of sp³-hybridized carbons (Fsp3) is 0.188. The summed E-state index contributed by atoms with van der Waals surface area (Å²) in [5.41, 5.74) is 4.95. The second kappa shape index (κ2) is 6.06. The van der Waals surface area contributed by atoms with Crippen molar-refractivity contribution in [2.45, 2.75) is 6.92 Å². The monoisotopic (exact) mass is 358 g/mol. The number of anilines is 1. The molecule has 0 aliphatic rings. The van der Waals surface area contributed by atoms with Gasteiger partial charge in [0.1, 0.15) is 11.5 Å². The normalized spacial score (nSPS) is 10.9. The molecule has 0 saturated heterocycles. The van der Waals surface area contributed by atoms with Gasteiger partial charge in [0.05, 0.1) is 22.3 Å². The summed E-state index contributed by atoms with van der Waals surface area (Å²) in [6.07, 6.45) is 0. The highest BCUT2D eigenvalue weighted by Crippen LogP contribution is 2.20. The average Bonchev–Trinajstić information content (AvgIpc) is 2.84. The number of aromatic nitrogens is 4. The van der Waals surface area contributed by atoms with E-state index in [4.69, 9.17) is 5.73 Å².